The summed E-state index contributed by atoms with van der Waals surface area (Å²) in [5.74, 6) is 0.844. The molecule has 0 radical (unpaired) electrons. The van der Waals surface area contributed by atoms with Crippen LogP contribution >= 0.6 is 0 Å². The number of hydrogen-bond acceptors (Lipinski definition) is 4. The van der Waals surface area contributed by atoms with Gasteiger partial charge >= 0.3 is 0 Å². The zero-order valence-electron chi connectivity index (χ0n) is 15.3. The van der Waals surface area contributed by atoms with Crippen LogP contribution in [0.5, 0.6) is 5.75 Å². The van der Waals surface area contributed by atoms with Crippen molar-refractivity contribution in [1.29, 1.82) is 0 Å². The van der Waals surface area contributed by atoms with Crippen LogP contribution in [0, 0.1) is 5.92 Å². The Hall–Kier alpha value is -2.08. The number of nitrogens with zero attached hydrogens (tertiary/aromatic N) is 1. The van der Waals surface area contributed by atoms with Gasteiger partial charge in [-0.3, -0.25) is 9.59 Å². The fraction of sp³-hybridized carbons (Fsp3) is 0.600. The zero-order valence-corrected chi connectivity index (χ0v) is 15.3. The van der Waals surface area contributed by atoms with Crippen molar-refractivity contribution in [2.45, 2.75) is 38.1 Å². The molecular weight excluding hydrogens is 330 g/mol. The van der Waals surface area contributed by atoms with Crippen LogP contribution in [0.15, 0.2) is 30.3 Å². The molecule has 6 nitrogen and oxygen atoms in total. The summed E-state index contributed by atoms with van der Waals surface area (Å²) < 4.78 is 5.61. The number of piperidine rings is 2. The van der Waals surface area contributed by atoms with E-state index in [2.05, 4.69) is 10.6 Å². The van der Waals surface area contributed by atoms with Crippen molar-refractivity contribution in [3.05, 3.63) is 30.3 Å². The molecule has 1 aromatic rings. The van der Waals surface area contributed by atoms with Gasteiger partial charge in [0.2, 0.25) is 11.8 Å². The molecule has 2 heterocycles. The highest BCUT2D eigenvalue weighted by atomic mass is 16.5. The lowest BCUT2D eigenvalue weighted by atomic mass is 9.96. The van der Waals surface area contributed by atoms with E-state index >= 15 is 0 Å². The Morgan fingerprint density at radius 1 is 1.19 bits per heavy atom. The largest absolute Gasteiger partial charge is 0.493 e. The van der Waals surface area contributed by atoms with Gasteiger partial charge in [0, 0.05) is 25.7 Å². The highest BCUT2D eigenvalue weighted by molar-refractivity contribution is 5.81. The molecule has 0 spiro atoms. The van der Waals surface area contributed by atoms with Gasteiger partial charge in [0.15, 0.2) is 0 Å². The third-order valence-electron chi connectivity index (χ3n) is 5.12. The Balaban J connectivity index is 1.41. The van der Waals surface area contributed by atoms with Gasteiger partial charge in [-0.1, -0.05) is 18.2 Å². The van der Waals surface area contributed by atoms with Gasteiger partial charge in [0.25, 0.3) is 0 Å². The molecule has 2 N–H and O–H groups in total. The number of carbonyl (C=O) groups excluding carboxylic acids is 2. The number of amides is 2. The summed E-state index contributed by atoms with van der Waals surface area (Å²) >= 11 is 0. The quantitative estimate of drug-likeness (QED) is 0.809. The van der Waals surface area contributed by atoms with Crippen molar-refractivity contribution in [3.8, 4) is 5.75 Å². The monoisotopic (exact) mass is 359 g/mol. The normalized spacial score (nSPS) is 23.3. The second-order valence-electron chi connectivity index (χ2n) is 7.14. The topological polar surface area (TPSA) is 70.7 Å². The molecule has 0 aromatic heterocycles. The first kappa shape index (κ1) is 18.7. The number of para-hydroxylation sites is 1. The van der Waals surface area contributed by atoms with E-state index in [0.717, 1.165) is 51.1 Å². The van der Waals surface area contributed by atoms with E-state index in [4.69, 9.17) is 4.74 Å². The number of carbonyl (C=O) groups is 2. The van der Waals surface area contributed by atoms with E-state index in [1.165, 1.54) is 0 Å². The number of hydrogen-bond donors (Lipinski definition) is 2. The van der Waals surface area contributed by atoms with Gasteiger partial charge in [-0.2, -0.15) is 0 Å². The lowest BCUT2D eigenvalue weighted by Gasteiger charge is -2.33. The van der Waals surface area contributed by atoms with Crippen LogP contribution in [0.3, 0.4) is 0 Å². The van der Waals surface area contributed by atoms with Crippen molar-refractivity contribution in [1.82, 2.24) is 15.5 Å². The molecule has 1 aromatic carbocycles. The second kappa shape index (κ2) is 9.57. The third-order valence-corrected chi connectivity index (χ3v) is 5.12. The zero-order chi connectivity index (χ0) is 18.2. The number of rotatable bonds is 6. The average Bonchev–Trinajstić information content (AvgIpc) is 2.69. The predicted molar refractivity (Wildman–Crippen MR) is 99.9 cm³/mol. The molecule has 2 atom stereocenters. The highest BCUT2D eigenvalue weighted by Gasteiger charge is 2.29. The van der Waals surface area contributed by atoms with Crippen LogP contribution in [-0.4, -0.2) is 55.5 Å². The van der Waals surface area contributed by atoms with Crippen molar-refractivity contribution >= 4 is 11.8 Å². The van der Waals surface area contributed by atoms with E-state index in [-0.39, 0.29) is 23.8 Å². The Morgan fingerprint density at radius 2 is 2.04 bits per heavy atom. The molecule has 142 valence electrons. The van der Waals surface area contributed by atoms with Gasteiger partial charge in [-0.05, 0) is 44.4 Å². The lowest BCUT2D eigenvalue weighted by Crippen LogP contribution is -2.51. The van der Waals surface area contributed by atoms with Gasteiger partial charge in [0.1, 0.15) is 5.75 Å². The first-order valence-corrected chi connectivity index (χ1v) is 9.69. The standard InChI is InChI=1S/C20H29N3O3/c24-19(10-13-26-18-8-2-1-3-9-18)23-12-5-6-16(15-23)20(25)22-17-7-4-11-21-14-17/h1-3,8-9,16-17,21H,4-7,10-15H2,(H,22,25)/t16?,17-/m0/s1. The smallest absolute Gasteiger partial charge is 0.226 e. The molecule has 2 fully saturated rings. The van der Waals surface area contributed by atoms with Gasteiger partial charge in [-0.25, -0.2) is 0 Å². The first-order chi connectivity index (χ1) is 12.7. The minimum absolute atomic E-state index is 0.0674. The number of likely N-dealkylation sites (tertiary alicyclic amines) is 1. The summed E-state index contributed by atoms with van der Waals surface area (Å²) in [6.45, 7) is 3.50. The summed E-state index contributed by atoms with van der Waals surface area (Å²) in [4.78, 5) is 26.8. The summed E-state index contributed by atoms with van der Waals surface area (Å²) in [5.41, 5.74) is 0. The molecular formula is C20H29N3O3. The van der Waals surface area contributed by atoms with Crippen molar-refractivity contribution < 1.29 is 14.3 Å². The van der Waals surface area contributed by atoms with E-state index < -0.39 is 0 Å². The summed E-state index contributed by atoms with van der Waals surface area (Å²) in [7, 11) is 0. The molecule has 26 heavy (non-hydrogen) atoms. The molecule has 2 amide bonds. The summed E-state index contributed by atoms with van der Waals surface area (Å²) in [6.07, 6.45) is 4.21. The molecule has 2 aliphatic heterocycles. The number of nitrogens with one attached hydrogen (secondary N) is 2. The molecule has 0 saturated carbocycles. The van der Waals surface area contributed by atoms with Crippen LogP contribution in [0.4, 0.5) is 0 Å². The Kier molecular flexibility index (Phi) is 6.89. The Morgan fingerprint density at radius 3 is 2.81 bits per heavy atom. The van der Waals surface area contributed by atoms with Gasteiger partial charge in [-0.15, -0.1) is 0 Å². The number of ether oxygens (including phenoxy) is 1. The molecule has 6 heteroatoms. The molecule has 2 saturated heterocycles. The van der Waals surface area contributed by atoms with E-state index in [0.29, 0.717) is 19.6 Å². The van der Waals surface area contributed by atoms with E-state index in [9.17, 15) is 9.59 Å². The van der Waals surface area contributed by atoms with Gasteiger partial charge < -0.3 is 20.3 Å². The van der Waals surface area contributed by atoms with Crippen LogP contribution in [0.2, 0.25) is 0 Å². The SMILES string of the molecule is O=C(N[C@H]1CCCNC1)C1CCCN(C(=O)CCOc2ccccc2)C1. The van der Waals surface area contributed by atoms with E-state index in [1.807, 2.05) is 35.2 Å². The first-order valence-electron chi connectivity index (χ1n) is 9.69. The Bertz CT molecular complexity index is 587. The van der Waals surface area contributed by atoms with E-state index in [1.54, 1.807) is 0 Å². The average molecular weight is 359 g/mol. The maximum atomic E-state index is 12.5. The fourth-order valence-electron chi connectivity index (χ4n) is 3.64. The minimum Gasteiger partial charge on any atom is -0.493 e. The third kappa shape index (κ3) is 5.46. The maximum Gasteiger partial charge on any atom is 0.226 e. The molecule has 1 unspecified atom stereocenters. The molecule has 3 rings (SSSR count). The predicted octanol–water partition coefficient (Wildman–Crippen LogP) is 1.56. The lowest BCUT2D eigenvalue weighted by molar-refractivity contribution is -0.136. The van der Waals surface area contributed by atoms with Crippen LogP contribution < -0.4 is 15.4 Å². The summed E-state index contributed by atoms with van der Waals surface area (Å²) in [6, 6.07) is 9.74. The maximum absolute atomic E-state index is 12.5. The van der Waals surface area contributed by atoms with Crippen molar-refractivity contribution in [2.75, 3.05) is 32.8 Å². The van der Waals surface area contributed by atoms with Gasteiger partial charge in [0.05, 0.1) is 18.9 Å². The van der Waals surface area contributed by atoms with Crippen LogP contribution in [-0.2, 0) is 9.59 Å². The van der Waals surface area contributed by atoms with Crippen molar-refractivity contribution in [3.63, 3.8) is 0 Å². The fourth-order valence-corrected chi connectivity index (χ4v) is 3.64. The van der Waals surface area contributed by atoms with Crippen molar-refractivity contribution in [2.24, 2.45) is 5.92 Å². The molecule has 2 aliphatic rings. The summed E-state index contributed by atoms with van der Waals surface area (Å²) in [5, 5.41) is 6.46. The number of benzene rings is 1. The highest BCUT2D eigenvalue weighted by Crippen LogP contribution is 2.18. The minimum atomic E-state index is -0.0929. The van der Waals surface area contributed by atoms with Crippen LogP contribution in [0.25, 0.3) is 0 Å². The van der Waals surface area contributed by atoms with Crippen LogP contribution in [0.1, 0.15) is 32.1 Å². The Labute approximate surface area is 155 Å². The second-order valence-corrected chi connectivity index (χ2v) is 7.14. The molecule has 0 bridgehead atoms. The molecule has 0 aliphatic carbocycles.